The van der Waals surface area contributed by atoms with Gasteiger partial charge >= 0.3 is 6.09 Å². The van der Waals surface area contributed by atoms with Crippen molar-refractivity contribution in [2.75, 3.05) is 23.8 Å². The third-order valence-electron chi connectivity index (χ3n) is 2.83. The molecule has 24 heavy (non-hydrogen) atoms. The Balaban J connectivity index is 1.86. The van der Waals surface area contributed by atoms with Crippen LogP contribution in [0.1, 0.15) is 19.5 Å². The minimum absolute atomic E-state index is 0.119. The Morgan fingerprint density at radius 3 is 2.54 bits per heavy atom. The Morgan fingerprint density at radius 2 is 1.88 bits per heavy atom. The summed E-state index contributed by atoms with van der Waals surface area (Å²) in [6.07, 6.45) is -0.439. The normalized spacial score (nSPS) is 10.1. The summed E-state index contributed by atoms with van der Waals surface area (Å²) in [6.45, 7) is 4.51. The minimum Gasteiger partial charge on any atom is -0.494 e. The summed E-state index contributed by atoms with van der Waals surface area (Å²) >= 11 is 1.24. The van der Waals surface area contributed by atoms with E-state index in [4.69, 9.17) is 9.47 Å². The molecular weight excluding hydrogens is 330 g/mol. The second-order valence-corrected chi connectivity index (χ2v) is 5.53. The number of amides is 2. The number of carbonyl (C=O) groups is 2. The van der Waals surface area contributed by atoms with Gasteiger partial charge in [0.05, 0.1) is 25.3 Å². The molecular formula is C16H19N3O4S. The van der Waals surface area contributed by atoms with E-state index in [1.165, 1.54) is 11.3 Å². The van der Waals surface area contributed by atoms with E-state index >= 15 is 0 Å². The summed E-state index contributed by atoms with van der Waals surface area (Å²) in [7, 11) is 0. The molecule has 2 N–H and O–H groups in total. The highest BCUT2D eigenvalue weighted by atomic mass is 32.1. The monoisotopic (exact) mass is 349 g/mol. The lowest BCUT2D eigenvalue weighted by atomic mass is 10.2. The lowest BCUT2D eigenvalue weighted by molar-refractivity contribution is -0.115. The number of aromatic nitrogens is 1. The van der Waals surface area contributed by atoms with Crippen molar-refractivity contribution in [2.45, 2.75) is 20.3 Å². The van der Waals surface area contributed by atoms with Crippen molar-refractivity contribution in [2.24, 2.45) is 0 Å². The van der Waals surface area contributed by atoms with E-state index in [2.05, 4.69) is 15.6 Å². The first kappa shape index (κ1) is 17.7. The number of rotatable bonds is 7. The largest absolute Gasteiger partial charge is 0.494 e. The van der Waals surface area contributed by atoms with Gasteiger partial charge in [-0.05, 0) is 38.1 Å². The van der Waals surface area contributed by atoms with Crippen molar-refractivity contribution in [3.63, 3.8) is 0 Å². The SMILES string of the molecule is CCOC(=O)Nc1nc(CC(=O)Nc2ccc(OCC)cc2)cs1. The Labute approximate surface area is 144 Å². The van der Waals surface area contributed by atoms with E-state index in [-0.39, 0.29) is 18.9 Å². The number of hydrogen-bond acceptors (Lipinski definition) is 6. The van der Waals surface area contributed by atoms with Crippen LogP contribution in [0.2, 0.25) is 0 Å². The van der Waals surface area contributed by atoms with Gasteiger partial charge in [0.1, 0.15) is 5.75 Å². The number of carbonyl (C=O) groups excluding carboxylic acids is 2. The number of hydrogen-bond donors (Lipinski definition) is 2. The van der Waals surface area contributed by atoms with E-state index in [9.17, 15) is 9.59 Å². The van der Waals surface area contributed by atoms with Crippen LogP contribution in [0.5, 0.6) is 5.75 Å². The predicted molar refractivity (Wildman–Crippen MR) is 92.7 cm³/mol. The zero-order valence-electron chi connectivity index (χ0n) is 13.5. The standard InChI is InChI=1S/C16H19N3O4S/c1-3-22-13-7-5-11(6-8-13)17-14(20)9-12-10-24-15(18-12)19-16(21)23-4-2/h5-8,10H,3-4,9H2,1-2H3,(H,17,20)(H,18,19,21). The summed E-state index contributed by atoms with van der Waals surface area (Å²) in [6, 6.07) is 7.14. The van der Waals surface area contributed by atoms with Gasteiger partial charge in [-0.3, -0.25) is 10.1 Å². The molecule has 0 radical (unpaired) electrons. The van der Waals surface area contributed by atoms with Crippen molar-refractivity contribution >= 4 is 34.2 Å². The number of nitrogens with zero attached hydrogens (tertiary/aromatic N) is 1. The number of benzene rings is 1. The molecule has 0 aliphatic rings. The molecule has 0 aliphatic heterocycles. The molecule has 1 aromatic heterocycles. The van der Waals surface area contributed by atoms with Crippen molar-refractivity contribution in [3.05, 3.63) is 35.3 Å². The molecule has 0 spiro atoms. The predicted octanol–water partition coefficient (Wildman–Crippen LogP) is 3.29. The van der Waals surface area contributed by atoms with E-state index in [0.29, 0.717) is 23.1 Å². The van der Waals surface area contributed by atoms with Crippen molar-refractivity contribution in [3.8, 4) is 5.75 Å². The molecule has 0 bridgehead atoms. The third-order valence-corrected chi connectivity index (χ3v) is 3.63. The fourth-order valence-electron chi connectivity index (χ4n) is 1.87. The molecule has 0 aliphatic carbocycles. The van der Waals surface area contributed by atoms with Crippen LogP contribution in [-0.4, -0.2) is 30.2 Å². The Bertz CT molecular complexity index is 685. The second-order valence-electron chi connectivity index (χ2n) is 4.67. The van der Waals surface area contributed by atoms with E-state index in [1.54, 1.807) is 36.6 Å². The molecule has 0 saturated heterocycles. The molecule has 128 valence electrons. The van der Waals surface area contributed by atoms with Crippen LogP contribution in [0.25, 0.3) is 0 Å². The van der Waals surface area contributed by atoms with Crippen LogP contribution < -0.4 is 15.4 Å². The molecule has 0 saturated carbocycles. The maximum absolute atomic E-state index is 12.0. The first-order valence-electron chi connectivity index (χ1n) is 7.51. The molecule has 0 atom stereocenters. The quantitative estimate of drug-likeness (QED) is 0.800. The smallest absolute Gasteiger partial charge is 0.413 e. The summed E-state index contributed by atoms with van der Waals surface area (Å²) in [5.74, 6) is 0.567. The van der Waals surface area contributed by atoms with Crippen molar-refractivity contribution in [1.82, 2.24) is 4.98 Å². The van der Waals surface area contributed by atoms with Gasteiger partial charge < -0.3 is 14.8 Å². The van der Waals surface area contributed by atoms with Gasteiger partial charge in [0, 0.05) is 11.1 Å². The van der Waals surface area contributed by atoms with Gasteiger partial charge in [-0.1, -0.05) is 0 Å². The molecule has 0 fully saturated rings. The highest BCUT2D eigenvalue weighted by Crippen LogP contribution is 2.18. The molecule has 2 amide bonds. The third kappa shape index (κ3) is 5.54. The summed E-state index contributed by atoms with van der Waals surface area (Å²) in [4.78, 5) is 27.5. The van der Waals surface area contributed by atoms with Crippen LogP contribution in [0.4, 0.5) is 15.6 Å². The Morgan fingerprint density at radius 1 is 1.12 bits per heavy atom. The van der Waals surface area contributed by atoms with Gasteiger partial charge in [0.2, 0.25) is 5.91 Å². The first-order chi connectivity index (χ1) is 11.6. The van der Waals surface area contributed by atoms with Crippen molar-refractivity contribution in [1.29, 1.82) is 0 Å². The summed E-state index contributed by atoms with van der Waals surface area (Å²) in [5.41, 5.74) is 1.26. The second kappa shape index (κ2) is 8.88. The fourth-order valence-corrected chi connectivity index (χ4v) is 2.57. The lowest BCUT2D eigenvalue weighted by Crippen LogP contribution is -2.15. The summed E-state index contributed by atoms with van der Waals surface area (Å²) < 4.78 is 10.1. The highest BCUT2D eigenvalue weighted by molar-refractivity contribution is 7.13. The average molecular weight is 349 g/mol. The molecule has 0 unspecified atom stereocenters. The number of nitrogens with one attached hydrogen (secondary N) is 2. The molecule has 8 heteroatoms. The topological polar surface area (TPSA) is 89.5 Å². The van der Waals surface area contributed by atoms with Crippen LogP contribution in [-0.2, 0) is 16.0 Å². The van der Waals surface area contributed by atoms with Gasteiger partial charge in [0.15, 0.2) is 5.13 Å². The minimum atomic E-state index is -0.558. The number of ether oxygens (including phenoxy) is 2. The van der Waals surface area contributed by atoms with Gasteiger partial charge in [-0.2, -0.15) is 0 Å². The molecule has 1 heterocycles. The fraction of sp³-hybridized carbons (Fsp3) is 0.312. The van der Waals surface area contributed by atoms with E-state index in [0.717, 1.165) is 5.75 Å². The molecule has 7 nitrogen and oxygen atoms in total. The van der Waals surface area contributed by atoms with Gasteiger partial charge in [-0.15, -0.1) is 11.3 Å². The lowest BCUT2D eigenvalue weighted by Gasteiger charge is -2.06. The van der Waals surface area contributed by atoms with Crippen LogP contribution in [0.3, 0.4) is 0 Å². The molecule has 2 rings (SSSR count). The summed E-state index contributed by atoms with van der Waals surface area (Å²) in [5, 5.41) is 7.42. The van der Waals surface area contributed by atoms with Crippen LogP contribution in [0.15, 0.2) is 29.6 Å². The average Bonchev–Trinajstić information content (AvgIpc) is 2.96. The van der Waals surface area contributed by atoms with Crippen LogP contribution in [0, 0.1) is 0 Å². The zero-order chi connectivity index (χ0) is 17.4. The zero-order valence-corrected chi connectivity index (χ0v) is 14.3. The van der Waals surface area contributed by atoms with Crippen molar-refractivity contribution < 1.29 is 19.1 Å². The van der Waals surface area contributed by atoms with Gasteiger partial charge in [0.25, 0.3) is 0 Å². The van der Waals surface area contributed by atoms with Crippen LogP contribution >= 0.6 is 11.3 Å². The maximum atomic E-state index is 12.0. The molecule has 1 aromatic carbocycles. The highest BCUT2D eigenvalue weighted by Gasteiger charge is 2.10. The first-order valence-corrected chi connectivity index (χ1v) is 8.39. The van der Waals surface area contributed by atoms with Gasteiger partial charge in [-0.25, -0.2) is 9.78 Å². The number of anilines is 2. The Hall–Kier alpha value is -2.61. The Kier molecular flexibility index (Phi) is 6.56. The van der Waals surface area contributed by atoms with E-state index < -0.39 is 6.09 Å². The molecule has 2 aromatic rings. The van der Waals surface area contributed by atoms with E-state index in [1.807, 2.05) is 6.92 Å². The number of thiazole rings is 1. The maximum Gasteiger partial charge on any atom is 0.413 e.